The highest BCUT2D eigenvalue weighted by Gasteiger charge is 2.51. The molecule has 0 spiro atoms. The molecule has 4 aliphatic carbocycles. The summed E-state index contributed by atoms with van der Waals surface area (Å²) >= 11 is 0. The molecule has 0 unspecified atom stereocenters. The Kier molecular flexibility index (Phi) is 5.39. The molecule has 1 N–H and O–H groups in total. The SMILES string of the molecule is COc1ccc(/C=C2\C(=O)NC(=O)N(c3ccc(C45CC6CC(CC(C6)C4)C5)cc3)C2=O)cc1OC. The Morgan fingerprint density at radius 3 is 2.06 bits per heavy atom. The molecule has 4 bridgehead atoms. The van der Waals surface area contributed by atoms with E-state index < -0.39 is 17.8 Å². The van der Waals surface area contributed by atoms with Crippen LogP contribution >= 0.6 is 0 Å². The van der Waals surface area contributed by atoms with Gasteiger partial charge in [-0.1, -0.05) is 18.2 Å². The van der Waals surface area contributed by atoms with Gasteiger partial charge in [-0.25, -0.2) is 9.69 Å². The fourth-order valence-corrected chi connectivity index (χ4v) is 7.43. The highest BCUT2D eigenvalue weighted by molar-refractivity contribution is 6.39. The van der Waals surface area contributed by atoms with Gasteiger partial charge in [0.2, 0.25) is 0 Å². The molecule has 0 atom stereocenters. The molecule has 0 radical (unpaired) electrons. The van der Waals surface area contributed by atoms with Crippen LogP contribution in [0.1, 0.15) is 49.7 Å². The second-order valence-corrected chi connectivity index (χ2v) is 10.8. The van der Waals surface area contributed by atoms with Crippen LogP contribution in [0.2, 0.25) is 0 Å². The van der Waals surface area contributed by atoms with Gasteiger partial charge in [0.25, 0.3) is 11.8 Å². The van der Waals surface area contributed by atoms with Gasteiger partial charge in [0.1, 0.15) is 5.57 Å². The Morgan fingerprint density at radius 1 is 0.861 bits per heavy atom. The summed E-state index contributed by atoms with van der Waals surface area (Å²) in [6.45, 7) is 0. The first-order chi connectivity index (χ1) is 17.4. The largest absolute Gasteiger partial charge is 0.493 e. The van der Waals surface area contributed by atoms with E-state index in [0.717, 1.165) is 22.7 Å². The van der Waals surface area contributed by atoms with Crippen LogP contribution in [-0.4, -0.2) is 32.1 Å². The number of barbiturate groups is 1. The Bertz CT molecular complexity index is 1240. The first kappa shape index (κ1) is 22.8. The summed E-state index contributed by atoms with van der Waals surface area (Å²) in [5.41, 5.74) is 2.46. The third kappa shape index (κ3) is 3.69. The van der Waals surface area contributed by atoms with Crippen LogP contribution in [0.3, 0.4) is 0 Å². The number of amides is 4. The zero-order chi connectivity index (χ0) is 25.0. The zero-order valence-corrected chi connectivity index (χ0v) is 20.6. The van der Waals surface area contributed by atoms with Gasteiger partial charge in [-0.05, 0) is 103 Å². The van der Waals surface area contributed by atoms with Gasteiger partial charge in [-0.3, -0.25) is 14.9 Å². The number of anilines is 1. The van der Waals surface area contributed by atoms with E-state index in [9.17, 15) is 14.4 Å². The number of imide groups is 2. The van der Waals surface area contributed by atoms with Crippen molar-refractivity contribution < 1.29 is 23.9 Å². The van der Waals surface area contributed by atoms with Crippen molar-refractivity contribution in [3.63, 3.8) is 0 Å². The monoisotopic (exact) mass is 486 g/mol. The molecule has 186 valence electrons. The first-order valence-corrected chi connectivity index (χ1v) is 12.6. The summed E-state index contributed by atoms with van der Waals surface area (Å²) < 4.78 is 10.6. The molecular formula is C29H30N2O5. The summed E-state index contributed by atoms with van der Waals surface area (Å²) in [5, 5.41) is 2.31. The maximum absolute atomic E-state index is 13.4. The molecule has 7 rings (SSSR count). The van der Waals surface area contributed by atoms with Crippen LogP contribution in [0.15, 0.2) is 48.0 Å². The Labute approximate surface area is 210 Å². The van der Waals surface area contributed by atoms with E-state index in [2.05, 4.69) is 17.4 Å². The van der Waals surface area contributed by atoms with Crippen LogP contribution in [-0.2, 0) is 15.0 Å². The van der Waals surface area contributed by atoms with Crippen molar-refractivity contribution in [1.82, 2.24) is 5.32 Å². The van der Waals surface area contributed by atoms with Crippen molar-refractivity contribution in [3.8, 4) is 11.5 Å². The van der Waals surface area contributed by atoms with Crippen LogP contribution in [0, 0.1) is 17.8 Å². The molecule has 5 aliphatic rings. The number of hydrogen-bond donors (Lipinski definition) is 1. The maximum Gasteiger partial charge on any atom is 0.335 e. The smallest absolute Gasteiger partial charge is 0.335 e. The number of methoxy groups -OCH3 is 2. The zero-order valence-electron chi connectivity index (χ0n) is 20.6. The molecule has 36 heavy (non-hydrogen) atoms. The minimum Gasteiger partial charge on any atom is -0.493 e. The third-order valence-corrected chi connectivity index (χ3v) is 8.60. The minimum absolute atomic E-state index is 0.119. The van der Waals surface area contributed by atoms with Crippen molar-refractivity contribution in [2.24, 2.45) is 17.8 Å². The summed E-state index contributed by atoms with van der Waals surface area (Å²) in [5.74, 6) is 2.14. The Balaban J connectivity index is 1.28. The van der Waals surface area contributed by atoms with E-state index >= 15 is 0 Å². The van der Waals surface area contributed by atoms with Crippen molar-refractivity contribution in [3.05, 3.63) is 59.2 Å². The summed E-state index contributed by atoms with van der Waals surface area (Å²) in [4.78, 5) is 39.7. The van der Waals surface area contributed by atoms with Gasteiger partial charge in [-0.2, -0.15) is 0 Å². The number of nitrogens with zero attached hydrogens (tertiary/aromatic N) is 1. The van der Waals surface area contributed by atoms with E-state index in [1.807, 2.05) is 12.1 Å². The van der Waals surface area contributed by atoms with E-state index in [4.69, 9.17) is 9.47 Å². The molecule has 1 aliphatic heterocycles. The standard InChI is InChI=1S/C29H30N2O5/c1-35-24-8-3-17(13-25(24)36-2)12-23-26(32)30-28(34)31(27(23)33)22-6-4-21(5-7-22)29-14-18-9-19(15-29)11-20(10-18)16-29/h3-8,12-13,18-20H,9-11,14-16H2,1-2H3,(H,30,32,34)/b23-12+. The molecular weight excluding hydrogens is 456 g/mol. The average Bonchev–Trinajstić information content (AvgIpc) is 2.86. The third-order valence-electron chi connectivity index (χ3n) is 8.60. The molecule has 5 fully saturated rings. The Morgan fingerprint density at radius 2 is 1.47 bits per heavy atom. The maximum atomic E-state index is 13.4. The number of benzene rings is 2. The second-order valence-electron chi connectivity index (χ2n) is 10.8. The quantitative estimate of drug-likeness (QED) is 0.483. The number of ether oxygens (including phenoxy) is 2. The molecule has 1 heterocycles. The second kappa shape index (κ2) is 8.50. The minimum atomic E-state index is -0.739. The van der Waals surface area contributed by atoms with E-state index in [0.29, 0.717) is 22.7 Å². The fourth-order valence-electron chi connectivity index (χ4n) is 7.43. The highest BCUT2D eigenvalue weighted by Crippen LogP contribution is 2.60. The first-order valence-electron chi connectivity index (χ1n) is 12.6. The normalized spacial score (nSPS) is 30.1. The number of hydrogen-bond acceptors (Lipinski definition) is 5. The number of rotatable bonds is 5. The molecule has 1 saturated heterocycles. The Hall–Kier alpha value is -3.61. The number of nitrogens with one attached hydrogen (secondary N) is 1. The molecule has 0 aromatic heterocycles. The molecule has 7 heteroatoms. The van der Waals surface area contributed by atoms with E-state index in [-0.39, 0.29) is 11.0 Å². The van der Waals surface area contributed by atoms with Crippen molar-refractivity contribution in [1.29, 1.82) is 0 Å². The van der Waals surface area contributed by atoms with Crippen molar-refractivity contribution >= 4 is 29.6 Å². The molecule has 4 amide bonds. The number of urea groups is 1. The lowest BCUT2D eigenvalue weighted by atomic mass is 9.48. The van der Waals surface area contributed by atoms with Crippen LogP contribution in [0.5, 0.6) is 11.5 Å². The van der Waals surface area contributed by atoms with Crippen LogP contribution in [0.4, 0.5) is 10.5 Å². The number of carbonyl (C=O) groups excluding carboxylic acids is 3. The highest BCUT2D eigenvalue weighted by atomic mass is 16.5. The topological polar surface area (TPSA) is 84.9 Å². The van der Waals surface area contributed by atoms with Crippen molar-refractivity contribution in [2.45, 2.75) is 43.9 Å². The van der Waals surface area contributed by atoms with Gasteiger partial charge >= 0.3 is 6.03 Å². The van der Waals surface area contributed by atoms with Crippen LogP contribution < -0.4 is 19.7 Å². The lowest BCUT2D eigenvalue weighted by Crippen LogP contribution is -2.54. The van der Waals surface area contributed by atoms with Crippen molar-refractivity contribution in [2.75, 3.05) is 19.1 Å². The van der Waals surface area contributed by atoms with Crippen LogP contribution in [0.25, 0.3) is 6.08 Å². The summed E-state index contributed by atoms with van der Waals surface area (Å²) in [6, 6.07) is 12.2. The molecule has 7 nitrogen and oxygen atoms in total. The summed E-state index contributed by atoms with van der Waals surface area (Å²) in [7, 11) is 3.05. The fraction of sp³-hybridized carbons (Fsp3) is 0.414. The van der Waals surface area contributed by atoms with Gasteiger partial charge < -0.3 is 9.47 Å². The molecule has 4 saturated carbocycles. The molecule has 2 aromatic rings. The lowest BCUT2D eigenvalue weighted by Gasteiger charge is -2.57. The summed E-state index contributed by atoms with van der Waals surface area (Å²) in [6.07, 6.45) is 9.33. The lowest BCUT2D eigenvalue weighted by molar-refractivity contribution is -0.122. The van der Waals surface area contributed by atoms with E-state index in [1.54, 1.807) is 18.2 Å². The molecule has 2 aromatic carbocycles. The van der Waals surface area contributed by atoms with Gasteiger partial charge in [-0.15, -0.1) is 0 Å². The van der Waals surface area contributed by atoms with Gasteiger partial charge in [0.15, 0.2) is 11.5 Å². The predicted octanol–water partition coefficient (Wildman–Crippen LogP) is 4.84. The predicted molar refractivity (Wildman–Crippen MR) is 135 cm³/mol. The number of carbonyl (C=O) groups is 3. The van der Waals surface area contributed by atoms with Gasteiger partial charge in [0.05, 0.1) is 19.9 Å². The van der Waals surface area contributed by atoms with Gasteiger partial charge in [0, 0.05) is 0 Å². The van der Waals surface area contributed by atoms with E-state index in [1.165, 1.54) is 64.4 Å². The average molecular weight is 487 g/mol.